The monoisotopic (exact) mass is 537 g/mol. The minimum absolute atomic E-state index is 0.0321. The van der Waals surface area contributed by atoms with E-state index in [1.807, 2.05) is 44.2 Å². The SMILES string of the molecule is CC(C)C[C@H](CC(=O)[C@@H](NC(=O)c1cccc(-c2ccccc2)n1)[C@@H](C)O)[B-]12OC(=O)C[N+]1(C)[C@@H](C)C(=O)O2. The average Bonchev–Trinajstić information content (AvgIpc) is 3.25. The maximum absolute atomic E-state index is 13.6. The van der Waals surface area contributed by atoms with Crippen LogP contribution in [0.4, 0.5) is 0 Å². The molecule has 4 rings (SSSR count). The zero-order chi connectivity index (χ0) is 28.5. The lowest BCUT2D eigenvalue weighted by atomic mass is 9.51. The third-order valence-electron chi connectivity index (χ3n) is 8.10. The second-order valence-electron chi connectivity index (χ2n) is 11.4. The third-order valence-corrected chi connectivity index (χ3v) is 8.10. The van der Waals surface area contributed by atoms with Crippen molar-refractivity contribution in [3.63, 3.8) is 0 Å². The van der Waals surface area contributed by atoms with Gasteiger partial charge in [-0.05, 0) is 44.1 Å². The summed E-state index contributed by atoms with van der Waals surface area (Å²) in [6.45, 7) is 4.49. The van der Waals surface area contributed by atoms with E-state index in [4.69, 9.17) is 9.31 Å². The molecule has 2 unspecified atom stereocenters. The van der Waals surface area contributed by atoms with Crippen molar-refractivity contribution in [2.24, 2.45) is 5.92 Å². The van der Waals surface area contributed by atoms with Gasteiger partial charge < -0.3 is 24.1 Å². The average molecular weight is 537 g/mol. The van der Waals surface area contributed by atoms with Crippen molar-refractivity contribution in [3.8, 4) is 11.3 Å². The largest absolute Gasteiger partial charge is 0.600 e. The molecule has 0 radical (unpaired) electrons. The summed E-state index contributed by atoms with van der Waals surface area (Å²) < 4.78 is 11.5. The number of benzene rings is 1. The van der Waals surface area contributed by atoms with Crippen LogP contribution in [0, 0.1) is 5.92 Å². The Balaban J connectivity index is 1.58. The molecule has 6 atom stereocenters. The van der Waals surface area contributed by atoms with E-state index in [1.54, 1.807) is 26.1 Å². The predicted octanol–water partition coefficient (Wildman–Crippen LogP) is 2.49. The molecule has 1 aromatic heterocycles. The van der Waals surface area contributed by atoms with Gasteiger partial charge in [0.15, 0.2) is 5.78 Å². The van der Waals surface area contributed by atoms with Crippen molar-refractivity contribution >= 4 is 30.3 Å². The van der Waals surface area contributed by atoms with Gasteiger partial charge in [0.25, 0.3) is 5.91 Å². The fourth-order valence-corrected chi connectivity index (χ4v) is 5.94. The quantitative estimate of drug-likeness (QED) is 0.442. The maximum Gasteiger partial charge on any atom is 0.587 e. The molecular formula is C28H36BN3O7. The molecule has 0 spiro atoms. The molecule has 208 valence electrons. The molecule has 1 amide bonds. The minimum Gasteiger partial charge on any atom is -0.600 e. The number of hydrogen-bond donors (Lipinski definition) is 2. The number of aromatic nitrogens is 1. The van der Waals surface area contributed by atoms with Crippen LogP contribution in [0.25, 0.3) is 11.3 Å². The van der Waals surface area contributed by atoms with E-state index in [9.17, 15) is 24.3 Å². The van der Waals surface area contributed by atoms with E-state index >= 15 is 0 Å². The van der Waals surface area contributed by atoms with Crippen LogP contribution in [0.2, 0.25) is 5.82 Å². The van der Waals surface area contributed by atoms with Gasteiger partial charge in [-0.1, -0.05) is 56.7 Å². The number of aliphatic hydroxyl groups excluding tert-OH is 1. The number of Topliss-reactive ketones (excluding diaryl/α,β-unsaturated/α-hetero) is 1. The molecule has 0 aliphatic carbocycles. The summed E-state index contributed by atoms with van der Waals surface area (Å²) in [5, 5.41) is 13.1. The van der Waals surface area contributed by atoms with Crippen molar-refractivity contribution in [1.82, 2.24) is 10.3 Å². The molecule has 2 aliphatic rings. The summed E-state index contributed by atoms with van der Waals surface area (Å²) in [6.07, 6.45) is -0.929. The smallest absolute Gasteiger partial charge is 0.587 e. The number of nitrogens with zero attached hydrogens (tertiary/aromatic N) is 2. The van der Waals surface area contributed by atoms with Gasteiger partial charge in [0.1, 0.15) is 24.3 Å². The Morgan fingerprint density at radius 3 is 2.44 bits per heavy atom. The lowest BCUT2D eigenvalue weighted by Gasteiger charge is -2.47. The Labute approximate surface area is 228 Å². The van der Waals surface area contributed by atoms with Gasteiger partial charge in [0.05, 0.1) is 11.8 Å². The Morgan fingerprint density at radius 2 is 1.79 bits per heavy atom. The van der Waals surface area contributed by atoms with Gasteiger partial charge in [0.2, 0.25) is 0 Å². The van der Waals surface area contributed by atoms with Crippen LogP contribution in [-0.4, -0.2) is 76.6 Å². The van der Waals surface area contributed by atoms with Crippen LogP contribution in [0.3, 0.4) is 0 Å². The van der Waals surface area contributed by atoms with E-state index < -0.39 is 54.3 Å². The molecule has 0 bridgehead atoms. The first-order valence-electron chi connectivity index (χ1n) is 13.4. The second kappa shape index (κ2) is 10.9. The number of pyridine rings is 1. The Kier molecular flexibility index (Phi) is 7.95. The van der Waals surface area contributed by atoms with E-state index in [-0.39, 0.29) is 29.0 Å². The first-order valence-corrected chi connectivity index (χ1v) is 13.4. The molecule has 2 aliphatic heterocycles. The maximum atomic E-state index is 13.6. The molecular weight excluding hydrogens is 501 g/mol. The van der Waals surface area contributed by atoms with Crippen LogP contribution >= 0.6 is 0 Å². The Hall–Kier alpha value is -3.57. The number of carbonyl (C=O) groups is 4. The van der Waals surface area contributed by atoms with Crippen LogP contribution in [0.5, 0.6) is 0 Å². The highest BCUT2D eigenvalue weighted by atomic mass is 16.7. The molecule has 1 aromatic carbocycles. The van der Waals surface area contributed by atoms with Crippen molar-refractivity contribution in [2.45, 2.75) is 64.5 Å². The van der Waals surface area contributed by atoms with Crippen molar-refractivity contribution in [3.05, 3.63) is 54.2 Å². The van der Waals surface area contributed by atoms with Gasteiger partial charge >= 0.3 is 18.6 Å². The molecule has 0 saturated carbocycles. The van der Waals surface area contributed by atoms with Gasteiger partial charge in [-0.2, -0.15) is 0 Å². The molecule has 39 heavy (non-hydrogen) atoms. The highest BCUT2D eigenvalue weighted by Gasteiger charge is 2.71. The summed E-state index contributed by atoms with van der Waals surface area (Å²) in [5.41, 5.74) is 1.53. The number of nitrogens with one attached hydrogen (secondary N) is 1. The third kappa shape index (κ3) is 5.33. The first kappa shape index (κ1) is 28.4. The van der Waals surface area contributed by atoms with Crippen molar-refractivity contribution < 1.29 is 38.0 Å². The van der Waals surface area contributed by atoms with Crippen LogP contribution in [0.15, 0.2) is 48.5 Å². The fraction of sp³-hybridized carbons (Fsp3) is 0.464. The number of quaternary nitrogens is 1. The highest BCUT2D eigenvalue weighted by molar-refractivity contribution is 6.68. The number of likely N-dealkylation sites (N-methyl/N-ethyl adjacent to an activating group) is 1. The molecule has 2 fully saturated rings. The normalized spacial score (nSPS) is 26.4. The fourth-order valence-electron chi connectivity index (χ4n) is 5.94. The van der Waals surface area contributed by atoms with Gasteiger partial charge in [-0.15, -0.1) is 0 Å². The Morgan fingerprint density at radius 1 is 1.10 bits per heavy atom. The topological polar surface area (TPSA) is 132 Å². The second-order valence-corrected chi connectivity index (χ2v) is 11.4. The molecule has 11 heteroatoms. The van der Waals surface area contributed by atoms with E-state index in [0.717, 1.165) is 5.56 Å². The summed E-state index contributed by atoms with van der Waals surface area (Å²) in [4.78, 5) is 56.4. The number of rotatable bonds is 10. The first-order chi connectivity index (χ1) is 18.4. The van der Waals surface area contributed by atoms with E-state index in [1.165, 1.54) is 13.0 Å². The number of amides is 1. The van der Waals surface area contributed by atoms with E-state index in [0.29, 0.717) is 12.1 Å². The van der Waals surface area contributed by atoms with Crippen LogP contribution in [-0.2, 0) is 23.7 Å². The lowest BCUT2D eigenvalue weighted by molar-refractivity contribution is -0.817. The van der Waals surface area contributed by atoms with Crippen LogP contribution in [0.1, 0.15) is 51.0 Å². The number of ketones is 1. The van der Waals surface area contributed by atoms with Crippen LogP contribution < -0.4 is 5.32 Å². The number of hydrogen-bond acceptors (Lipinski definition) is 8. The van der Waals surface area contributed by atoms with Crippen molar-refractivity contribution in [2.75, 3.05) is 13.6 Å². The Bertz CT molecular complexity index is 1270. The summed E-state index contributed by atoms with van der Waals surface area (Å²) in [7, 11) is 1.75. The predicted molar refractivity (Wildman–Crippen MR) is 144 cm³/mol. The summed E-state index contributed by atoms with van der Waals surface area (Å²) in [6, 6.07) is 12.5. The molecule has 2 N–H and O–H groups in total. The zero-order valence-electron chi connectivity index (χ0n) is 23.0. The molecule has 3 heterocycles. The minimum atomic E-state index is -2.52. The van der Waals surface area contributed by atoms with E-state index in [2.05, 4.69) is 10.3 Å². The zero-order valence-corrected chi connectivity index (χ0v) is 23.0. The number of carbonyl (C=O) groups excluding carboxylic acids is 4. The summed E-state index contributed by atoms with van der Waals surface area (Å²) in [5.74, 6) is -2.56. The lowest BCUT2D eigenvalue weighted by Crippen LogP contribution is -2.65. The van der Waals surface area contributed by atoms with Gasteiger partial charge in [-0.25, -0.2) is 9.78 Å². The van der Waals surface area contributed by atoms with Gasteiger partial charge in [-0.3, -0.25) is 14.4 Å². The number of fused-ring (bicyclic) bond motifs is 1. The summed E-state index contributed by atoms with van der Waals surface area (Å²) >= 11 is 0. The molecule has 2 aromatic rings. The van der Waals surface area contributed by atoms with Gasteiger partial charge in [0, 0.05) is 12.6 Å². The standard InChI is InChI=1S/C28H36BN3O7/c1-17(2)14-21(29-32(5,16-25(35)38-29)18(3)28(37)39-29)15-24(34)26(19(4)33)31-27(36)23-13-9-12-22(30-23)20-10-7-6-8-11-20/h6-13,17-19,21,26,33H,14-16H2,1-5H3,(H,31,36)/t18-,19+,21+,26-,29?,32?/m0/s1. The highest BCUT2D eigenvalue weighted by Crippen LogP contribution is 2.48. The number of aliphatic hydroxyl groups is 1. The molecule has 2 saturated heterocycles. The van der Waals surface area contributed by atoms with Crippen molar-refractivity contribution in [1.29, 1.82) is 0 Å². The molecule has 10 nitrogen and oxygen atoms in total.